The molecule has 112 valence electrons. The van der Waals surface area contributed by atoms with Gasteiger partial charge in [-0.3, -0.25) is 4.72 Å². The molecule has 0 aliphatic rings. The summed E-state index contributed by atoms with van der Waals surface area (Å²) >= 11 is 5.84. The van der Waals surface area contributed by atoms with Crippen LogP contribution in [0.5, 0.6) is 5.88 Å². The largest absolute Gasteiger partial charge is 0.481 e. The summed E-state index contributed by atoms with van der Waals surface area (Å²) in [6.45, 7) is -0.341. The van der Waals surface area contributed by atoms with Gasteiger partial charge in [0.2, 0.25) is 5.88 Å². The Kier molecular flexibility index (Phi) is 4.66. The maximum atomic E-state index is 12.2. The zero-order valence-corrected chi connectivity index (χ0v) is 12.6. The molecule has 1 aromatic carbocycles. The Labute approximate surface area is 127 Å². The standard InChI is InChI=1S/C13H13ClN2O4S/c1-20-13-5-2-10(7-15-13)16-21(18,19)11-3-4-12(14)9(6-11)8-17/h2-7,16-17H,8H2,1H3. The van der Waals surface area contributed by atoms with E-state index in [0.717, 1.165) is 0 Å². The first kappa shape index (κ1) is 15.6. The first-order valence-corrected chi connectivity index (χ1v) is 7.74. The Morgan fingerprint density at radius 1 is 1.33 bits per heavy atom. The van der Waals surface area contributed by atoms with E-state index < -0.39 is 10.0 Å². The summed E-state index contributed by atoms with van der Waals surface area (Å²) in [7, 11) is -2.31. The van der Waals surface area contributed by atoms with Crippen LogP contribution in [0.3, 0.4) is 0 Å². The number of pyridine rings is 1. The van der Waals surface area contributed by atoms with Gasteiger partial charge in [0.15, 0.2) is 0 Å². The molecule has 0 fully saturated rings. The summed E-state index contributed by atoms with van der Waals surface area (Å²) in [5.74, 6) is 0.381. The van der Waals surface area contributed by atoms with Crippen molar-refractivity contribution in [1.29, 1.82) is 0 Å². The number of aliphatic hydroxyl groups excluding tert-OH is 1. The summed E-state index contributed by atoms with van der Waals surface area (Å²) in [5, 5.41) is 9.44. The summed E-state index contributed by atoms with van der Waals surface area (Å²) in [6, 6.07) is 7.18. The van der Waals surface area contributed by atoms with Gasteiger partial charge in [0.25, 0.3) is 10.0 Å². The molecule has 1 aromatic heterocycles. The zero-order chi connectivity index (χ0) is 15.5. The van der Waals surface area contributed by atoms with Gasteiger partial charge >= 0.3 is 0 Å². The lowest BCUT2D eigenvalue weighted by atomic mass is 10.2. The fourth-order valence-corrected chi connectivity index (χ4v) is 2.89. The maximum absolute atomic E-state index is 12.2. The number of hydrogen-bond acceptors (Lipinski definition) is 5. The number of hydrogen-bond donors (Lipinski definition) is 2. The van der Waals surface area contributed by atoms with Crippen molar-refractivity contribution >= 4 is 27.3 Å². The van der Waals surface area contributed by atoms with Crippen LogP contribution in [0.2, 0.25) is 5.02 Å². The van der Waals surface area contributed by atoms with Gasteiger partial charge in [-0.15, -0.1) is 0 Å². The Hall–Kier alpha value is -1.83. The summed E-state index contributed by atoms with van der Waals surface area (Å²) < 4.78 is 31.8. The molecule has 0 unspecified atom stereocenters. The van der Waals surface area contributed by atoms with Gasteiger partial charge in [-0.05, 0) is 29.8 Å². The lowest BCUT2D eigenvalue weighted by molar-refractivity contribution is 0.281. The van der Waals surface area contributed by atoms with Gasteiger partial charge in [-0.1, -0.05) is 11.6 Å². The van der Waals surface area contributed by atoms with Crippen LogP contribution in [0.1, 0.15) is 5.56 Å². The molecule has 0 bridgehead atoms. The first-order valence-electron chi connectivity index (χ1n) is 5.88. The zero-order valence-electron chi connectivity index (χ0n) is 11.1. The highest BCUT2D eigenvalue weighted by Gasteiger charge is 2.16. The Balaban J connectivity index is 2.29. The van der Waals surface area contributed by atoms with Crippen LogP contribution in [0.4, 0.5) is 5.69 Å². The van der Waals surface area contributed by atoms with Crippen molar-refractivity contribution in [1.82, 2.24) is 4.98 Å². The van der Waals surface area contributed by atoms with Crippen molar-refractivity contribution in [2.24, 2.45) is 0 Å². The molecule has 0 aliphatic carbocycles. The van der Waals surface area contributed by atoms with E-state index in [4.69, 9.17) is 21.4 Å². The molecule has 2 N–H and O–H groups in total. The number of rotatable bonds is 5. The molecule has 1 heterocycles. The summed E-state index contributed by atoms with van der Waals surface area (Å²) in [5.41, 5.74) is 0.642. The maximum Gasteiger partial charge on any atom is 0.261 e. The van der Waals surface area contributed by atoms with Crippen molar-refractivity contribution < 1.29 is 18.3 Å². The fourth-order valence-electron chi connectivity index (χ4n) is 1.61. The molecule has 6 nitrogen and oxygen atoms in total. The lowest BCUT2D eigenvalue weighted by Crippen LogP contribution is -2.13. The van der Waals surface area contributed by atoms with Crippen molar-refractivity contribution in [3.63, 3.8) is 0 Å². The van der Waals surface area contributed by atoms with E-state index in [9.17, 15) is 8.42 Å². The van der Waals surface area contributed by atoms with E-state index in [1.165, 1.54) is 37.6 Å². The van der Waals surface area contributed by atoms with Gasteiger partial charge in [0.1, 0.15) is 0 Å². The molecule has 8 heteroatoms. The molecule has 0 radical (unpaired) electrons. The van der Waals surface area contributed by atoms with Crippen LogP contribution >= 0.6 is 11.6 Å². The second-order valence-electron chi connectivity index (χ2n) is 4.11. The smallest absolute Gasteiger partial charge is 0.261 e. The van der Waals surface area contributed by atoms with Gasteiger partial charge in [0, 0.05) is 11.1 Å². The Morgan fingerprint density at radius 3 is 2.67 bits per heavy atom. The topological polar surface area (TPSA) is 88.5 Å². The highest BCUT2D eigenvalue weighted by molar-refractivity contribution is 7.92. The fraction of sp³-hybridized carbons (Fsp3) is 0.154. The van der Waals surface area contributed by atoms with Gasteiger partial charge in [-0.25, -0.2) is 13.4 Å². The van der Waals surface area contributed by atoms with Crippen LogP contribution in [0.15, 0.2) is 41.4 Å². The SMILES string of the molecule is COc1ccc(NS(=O)(=O)c2ccc(Cl)c(CO)c2)cn1. The number of aromatic nitrogens is 1. The molecule has 0 spiro atoms. The number of sulfonamides is 1. The highest BCUT2D eigenvalue weighted by atomic mass is 35.5. The van der Waals surface area contributed by atoms with Crippen molar-refractivity contribution in [3.8, 4) is 5.88 Å². The van der Waals surface area contributed by atoms with E-state index in [1.54, 1.807) is 6.07 Å². The third kappa shape index (κ3) is 3.63. The normalized spacial score (nSPS) is 11.2. The molecule has 0 saturated carbocycles. The minimum Gasteiger partial charge on any atom is -0.481 e. The van der Waals surface area contributed by atoms with E-state index >= 15 is 0 Å². The molecule has 2 aromatic rings. The lowest BCUT2D eigenvalue weighted by Gasteiger charge is -2.10. The number of halogens is 1. The number of nitrogens with one attached hydrogen (secondary N) is 1. The molecule has 21 heavy (non-hydrogen) atoms. The Bertz CT molecular complexity index is 732. The number of nitrogens with zero attached hydrogens (tertiary/aromatic N) is 1. The molecular weight excluding hydrogens is 316 g/mol. The number of benzene rings is 1. The predicted octanol–water partition coefficient (Wildman–Crippen LogP) is 2.04. The number of anilines is 1. The number of methoxy groups -OCH3 is 1. The summed E-state index contributed by atoms with van der Waals surface area (Å²) in [4.78, 5) is 3.92. The van der Waals surface area contributed by atoms with Crippen LogP contribution in [0, 0.1) is 0 Å². The van der Waals surface area contributed by atoms with E-state index in [-0.39, 0.29) is 11.5 Å². The highest BCUT2D eigenvalue weighted by Crippen LogP contribution is 2.22. The van der Waals surface area contributed by atoms with Crippen LogP contribution in [0.25, 0.3) is 0 Å². The van der Waals surface area contributed by atoms with E-state index in [0.29, 0.717) is 22.2 Å². The molecular formula is C13H13ClN2O4S. The quantitative estimate of drug-likeness (QED) is 0.876. The molecule has 0 saturated heterocycles. The molecule has 0 aliphatic heterocycles. The second-order valence-corrected chi connectivity index (χ2v) is 6.20. The van der Waals surface area contributed by atoms with Crippen molar-refractivity contribution in [3.05, 3.63) is 47.1 Å². The van der Waals surface area contributed by atoms with Gasteiger partial charge in [-0.2, -0.15) is 0 Å². The average Bonchev–Trinajstić information content (AvgIpc) is 2.48. The third-order valence-electron chi connectivity index (χ3n) is 2.70. The number of ether oxygens (including phenoxy) is 1. The van der Waals surface area contributed by atoms with E-state index in [2.05, 4.69) is 9.71 Å². The van der Waals surface area contributed by atoms with Crippen LogP contribution in [-0.4, -0.2) is 25.6 Å². The third-order valence-corrected chi connectivity index (χ3v) is 4.44. The van der Waals surface area contributed by atoms with Gasteiger partial charge < -0.3 is 9.84 Å². The van der Waals surface area contributed by atoms with E-state index in [1.807, 2.05) is 0 Å². The number of aliphatic hydroxyl groups is 1. The first-order chi connectivity index (χ1) is 9.96. The average molecular weight is 329 g/mol. The molecule has 0 atom stereocenters. The van der Waals surface area contributed by atoms with Crippen molar-refractivity contribution in [2.45, 2.75) is 11.5 Å². The predicted molar refractivity (Wildman–Crippen MR) is 79.0 cm³/mol. The van der Waals surface area contributed by atoms with Gasteiger partial charge in [0.05, 0.1) is 30.5 Å². The summed E-state index contributed by atoms with van der Waals surface area (Å²) in [6.07, 6.45) is 1.35. The minimum atomic E-state index is -3.78. The van der Waals surface area contributed by atoms with Crippen molar-refractivity contribution in [2.75, 3.05) is 11.8 Å². The second kappa shape index (κ2) is 6.30. The van der Waals surface area contributed by atoms with Crippen LogP contribution in [-0.2, 0) is 16.6 Å². The Morgan fingerprint density at radius 2 is 2.10 bits per heavy atom. The minimum absolute atomic E-state index is 0.00627. The van der Waals surface area contributed by atoms with Crippen LogP contribution < -0.4 is 9.46 Å². The molecule has 0 amide bonds. The molecule has 2 rings (SSSR count). The monoisotopic (exact) mass is 328 g/mol.